The first-order valence-corrected chi connectivity index (χ1v) is 9.18. The molecule has 9 heteroatoms. The first-order chi connectivity index (χ1) is 13.3. The molecule has 1 amide bonds. The fraction of sp³-hybridized carbons (Fsp3) is 0.158. The minimum absolute atomic E-state index is 0.101. The number of aromatic nitrogens is 2. The molecule has 1 aromatic heterocycles. The van der Waals surface area contributed by atoms with E-state index in [1.54, 1.807) is 6.20 Å². The molecule has 0 aliphatic heterocycles. The van der Waals surface area contributed by atoms with Crippen LogP contribution in [0.5, 0.6) is 5.75 Å². The van der Waals surface area contributed by atoms with Gasteiger partial charge in [0.25, 0.3) is 0 Å². The standard InChI is InChI=1S/C19H16F3N3O2S/c1-13-4-2-3-5-16(13)25-11-10-23-18(25)28-12-17(26)24-14-6-8-15(9-7-14)27-19(20,21)22/h2-11H,12H2,1H3,(H,24,26). The molecule has 2 aromatic carbocycles. The lowest BCUT2D eigenvalue weighted by Crippen LogP contribution is -2.17. The summed E-state index contributed by atoms with van der Waals surface area (Å²) in [6.45, 7) is 1.99. The zero-order valence-corrected chi connectivity index (χ0v) is 15.6. The molecule has 0 aliphatic rings. The van der Waals surface area contributed by atoms with Gasteiger partial charge in [-0.1, -0.05) is 30.0 Å². The van der Waals surface area contributed by atoms with Crippen LogP contribution in [0.1, 0.15) is 5.56 Å². The number of rotatable bonds is 6. The molecule has 0 atom stereocenters. The molecule has 146 valence electrons. The summed E-state index contributed by atoms with van der Waals surface area (Å²) in [5.41, 5.74) is 2.43. The lowest BCUT2D eigenvalue weighted by atomic mass is 10.2. The number of alkyl halides is 3. The second-order valence-electron chi connectivity index (χ2n) is 5.78. The van der Waals surface area contributed by atoms with Gasteiger partial charge in [0.1, 0.15) is 5.75 Å². The van der Waals surface area contributed by atoms with Crippen LogP contribution < -0.4 is 10.1 Å². The molecule has 0 saturated carbocycles. The number of anilines is 1. The van der Waals surface area contributed by atoms with E-state index in [9.17, 15) is 18.0 Å². The highest BCUT2D eigenvalue weighted by Crippen LogP contribution is 2.25. The highest BCUT2D eigenvalue weighted by Gasteiger charge is 2.30. The number of amides is 1. The Morgan fingerprint density at radius 1 is 1.18 bits per heavy atom. The van der Waals surface area contributed by atoms with Crippen molar-refractivity contribution in [2.24, 2.45) is 0 Å². The number of nitrogens with one attached hydrogen (secondary N) is 1. The van der Waals surface area contributed by atoms with E-state index in [1.807, 2.05) is 42.0 Å². The summed E-state index contributed by atoms with van der Waals surface area (Å²) in [5.74, 6) is -0.544. The fourth-order valence-electron chi connectivity index (χ4n) is 2.48. The van der Waals surface area contributed by atoms with Crippen molar-refractivity contribution in [1.82, 2.24) is 9.55 Å². The number of para-hydroxylation sites is 1. The SMILES string of the molecule is Cc1ccccc1-n1ccnc1SCC(=O)Nc1ccc(OC(F)(F)F)cc1. The van der Waals surface area contributed by atoms with Crippen LogP contribution in [-0.2, 0) is 4.79 Å². The zero-order valence-electron chi connectivity index (χ0n) is 14.7. The summed E-state index contributed by atoms with van der Waals surface area (Å²) in [6.07, 6.45) is -1.27. The van der Waals surface area contributed by atoms with Crippen molar-refractivity contribution in [3.05, 3.63) is 66.5 Å². The third-order valence-corrected chi connectivity index (χ3v) is 4.65. The van der Waals surface area contributed by atoms with Gasteiger partial charge in [-0.05, 0) is 42.8 Å². The Bertz CT molecular complexity index is 956. The smallest absolute Gasteiger partial charge is 0.406 e. The average Bonchev–Trinajstić information content (AvgIpc) is 3.09. The Balaban J connectivity index is 1.59. The maximum absolute atomic E-state index is 12.2. The molecule has 0 radical (unpaired) electrons. The van der Waals surface area contributed by atoms with Crippen molar-refractivity contribution < 1.29 is 22.7 Å². The molecule has 1 heterocycles. The monoisotopic (exact) mass is 407 g/mol. The van der Waals surface area contributed by atoms with E-state index in [-0.39, 0.29) is 17.4 Å². The Hall–Kier alpha value is -2.94. The van der Waals surface area contributed by atoms with E-state index in [0.717, 1.165) is 23.4 Å². The summed E-state index contributed by atoms with van der Waals surface area (Å²) in [6, 6.07) is 12.8. The molecule has 0 fully saturated rings. The van der Waals surface area contributed by atoms with Crippen molar-refractivity contribution in [2.45, 2.75) is 18.4 Å². The van der Waals surface area contributed by atoms with Crippen LogP contribution in [0, 0.1) is 6.92 Å². The quantitative estimate of drug-likeness (QED) is 0.596. The lowest BCUT2D eigenvalue weighted by molar-refractivity contribution is -0.274. The van der Waals surface area contributed by atoms with Crippen molar-refractivity contribution >= 4 is 23.4 Å². The number of hydrogen-bond donors (Lipinski definition) is 1. The third-order valence-electron chi connectivity index (χ3n) is 3.69. The minimum Gasteiger partial charge on any atom is -0.406 e. The van der Waals surface area contributed by atoms with Gasteiger partial charge in [0, 0.05) is 18.1 Å². The maximum Gasteiger partial charge on any atom is 0.573 e. The number of imidazole rings is 1. The van der Waals surface area contributed by atoms with Gasteiger partial charge in [-0.25, -0.2) is 4.98 Å². The zero-order chi connectivity index (χ0) is 20.1. The number of carbonyl (C=O) groups excluding carboxylic acids is 1. The Morgan fingerprint density at radius 3 is 2.57 bits per heavy atom. The van der Waals surface area contributed by atoms with Gasteiger partial charge in [0.15, 0.2) is 5.16 Å². The highest BCUT2D eigenvalue weighted by molar-refractivity contribution is 7.99. The van der Waals surface area contributed by atoms with Crippen LogP contribution in [0.4, 0.5) is 18.9 Å². The van der Waals surface area contributed by atoms with E-state index < -0.39 is 6.36 Å². The van der Waals surface area contributed by atoms with E-state index in [2.05, 4.69) is 15.0 Å². The molecule has 0 spiro atoms. The number of halogens is 3. The van der Waals surface area contributed by atoms with E-state index in [0.29, 0.717) is 10.8 Å². The summed E-state index contributed by atoms with van der Waals surface area (Å²) >= 11 is 1.26. The van der Waals surface area contributed by atoms with Gasteiger partial charge >= 0.3 is 6.36 Å². The predicted octanol–water partition coefficient (Wildman–Crippen LogP) is 4.81. The van der Waals surface area contributed by atoms with Crippen molar-refractivity contribution in [2.75, 3.05) is 11.1 Å². The van der Waals surface area contributed by atoms with Crippen LogP contribution in [0.15, 0.2) is 66.1 Å². The van der Waals surface area contributed by atoms with Gasteiger partial charge in [0.2, 0.25) is 5.91 Å². The highest BCUT2D eigenvalue weighted by atomic mass is 32.2. The molecular formula is C19H16F3N3O2S. The van der Waals surface area contributed by atoms with Crippen LogP contribution in [0.2, 0.25) is 0 Å². The fourth-order valence-corrected chi connectivity index (χ4v) is 3.25. The third kappa shape index (κ3) is 5.29. The van der Waals surface area contributed by atoms with Crippen LogP contribution in [-0.4, -0.2) is 27.6 Å². The molecule has 0 unspecified atom stereocenters. The summed E-state index contributed by atoms with van der Waals surface area (Å²) in [5, 5.41) is 3.30. The Labute approximate surface area is 163 Å². The van der Waals surface area contributed by atoms with Gasteiger partial charge < -0.3 is 10.1 Å². The largest absolute Gasteiger partial charge is 0.573 e. The molecule has 0 bridgehead atoms. The topological polar surface area (TPSA) is 56.2 Å². The summed E-state index contributed by atoms with van der Waals surface area (Å²) < 4.78 is 42.2. The molecule has 28 heavy (non-hydrogen) atoms. The van der Waals surface area contributed by atoms with Gasteiger partial charge in [-0.3, -0.25) is 9.36 Å². The summed E-state index contributed by atoms with van der Waals surface area (Å²) in [4.78, 5) is 16.4. The molecule has 3 rings (SSSR count). The van der Waals surface area contributed by atoms with Crippen molar-refractivity contribution in [3.8, 4) is 11.4 Å². The van der Waals surface area contributed by atoms with Crippen LogP contribution in [0.3, 0.4) is 0 Å². The lowest BCUT2D eigenvalue weighted by Gasteiger charge is -2.11. The van der Waals surface area contributed by atoms with Crippen LogP contribution in [0.25, 0.3) is 5.69 Å². The number of carbonyl (C=O) groups is 1. The normalized spacial score (nSPS) is 11.3. The van der Waals surface area contributed by atoms with E-state index in [1.165, 1.54) is 23.9 Å². The molecule has 3 aromatic rings. The number of nitrogens with zero attached hydrogens (tertiary/aromatic N) is 2. The number of ether oxygens (including phenoxy) is 1. The van der Waals surface area contributed by atoms with Gasteiger partial charge in [-0.15, -0.1) is 13.2 Å². The maximum atomic E-state index is 12.2. The van der Waals surface area contributed by atoms with Crippen molar-refractivity contribution in [3.63, 3.8) is 0 Å². The van der Waals surface area contributed by atoms with E-state index >= 15 is 0 Å². The predicted molar refractivity (Wildman–Crippen MR) is 101 cm³/mol. The molecule has 0 aliphatic carbocycles. The number of benzene rings is 2. The first kappa shape index (κ1) is 19.8. The molecule has 5 nitrogen and oxygen atoms in total. The number of hydrogen-bond acceptors (Lipinski definition) is 4. The second kappa shape index (κ2) is 8.39. The summed E-state index contributed by atoms with van der Waals surface area (Å²) in [7, 11) is 0. The van der Waals surface area contributed by atoms with Crippen molar-refractivity contribution in [1.29, 1.82) is 0 Å². The van der Waals surface area contributed by atoms with Gasteiger partial charge in [-0.2, -0.15) is 0 Å². The Kier molecular flexibility index (Phi) is 5.93. The molecule has 0 saturated heterocycles. The Morgan fingerprint density at radius 2 is 1.89 bits per heavy atom. The van der Waals surface area contributed by atoms with Gasteiger partial charge in [0.05, 0.1) is 11.4 Å². The van der Waals surface area contributed by atoms with Crippen LogP contribution >= 0.6 is 11.8 Å². The molecule has 1 N–H and O–H groups in total. The number of aryl methyl sites for hydroxylation is 1. The first-order valence-electron chi connectivity index (χ1n) is 8.19. The second-order valence-corrected chi connectivity index (χ2v) is 6.72. The molecular weight excluding hydrogens is 391 g/mol. The van der Waals surface area contributed by atoms with E-state index in [4.69, 9.17) is 0 Å². The average molecular weight is 407 g/mol. The minimum atomic E-state index is -4.75. The number of thioether (sulfide) groups is 1.